The summed E-state index contributed by atoms with van der Waals surface area (Å²) < 4.78 is 35.9. The molecule has 0 amide bonds. The molecular formula is C37H74O4S. The molecule has 1 N–H and O–H groups in total. The van der Waals surface area contributed by atoms with Gasteiger partial charge in [0.25, 0.3) is 0 Å². The molecule has 0 aliphatic rings. The summed E-state index contributed by atoms with van der Waals surface area (Å²) >= 11 is 0. The number of unbranched alkanes of at least 4 members (excludes halogenated alkanes) is 28. The van der Waals surface area contributed by atoms with Gasteiger partial charge < -0.3 is 0 Å². The molecule has 0 aromatic rings. The van der Waals surface area contributed by atoms with Crippen molar-refractivity contribution in [3.63, 3.8) is 0 Å². The molecule has 0 aromatic carbocycles. The lowest BCUT2D eigenvalue weighted by Crippen LogP contribution is -2.12. The Morgan fingerprint density at radius 3 is 1.14 bits per heavy atom. The maximum absolute atomic E-state index is 11.1. The molecule has 4 nitrogen and oxygen atoms in total. The lowest BCUT2D eigenvalue weighted by Gasteiger charge is -2.12. The second kappa shape index (κ2) is 33.5. The molecule has 0 saturated carbocycles. The summed E-state index contributed by atoms with van der Waals surface area (Å²) in [6.07, 6.45) is 45.6. The molecule has 0 aliphatic heterocycles. The molecule has 0 aliphatic carbocycles. The van der Waals surface area contributed by atoms with Gasteiger partial charge in [-0.15, -0.1) is 0 Å². The van der Waals surface area contributed by atoms with E-state index in [2.05, 4.69) is 26.0 Å². The van der Waals surface area contributed by atoms with Crippen LogP contribution in [0, 0.1) is 5.92 Å². The van der Waals surface area contributed by atoms with Gasteiger partial charge >= 0.3 is 10.4 Å². The van der Waals surface area contributed by atoms with Crippen LogP contribution in [0.3, 0.4) is 0 Å². The Bertz CT molecular complexity index is 646. The van der Waals surface area contributed by atoms with Gasteiger partial charge in [-0.2, -0.15) is 8.42 Å². The van der Waals surface area contributed by atoms with E-state index in [-0.39, 0.29) is 12.5 Å². The van der Waals surface area contributed by atoms with Gasteiger partial charge in [0.2, 0.25) is 0 Å². The van der Waals surface area contributed by atoms with Gasteiger partial charge in [-0.1, -0.05) is 206 Å². The van der Waals surface area contributed by atoms with Crippen LogP contribution in [-0.2, 0) is 14.6 Å². The third-order valence-corrected chi connectivity index (χ3v) is 9.18. The first kappa shape index (κ1) is 41.6. The van der Waals surface area contributed by atoms with E-state index in [4.69, 9.17) is 8.74 Å². The molecule has 1 atom stereocenters. The summed E-state index contributed by atoms with van der Waals surface area (Å²) in [6.45, 7) is 4.60. The lowest BCUT2D eigenvalue weighted by atomic mass is 9.99. The maximum atomic E-state index is 11.1. The van der Waals surface area contributed by atoms with Crippen molar-refractivity contribution in [1.29, 1.82) is 0 Å². The van der Waals surface area contributed by atoms with E-state index in [0.29, 0.717) is 0 Å². The van der Waals surface area contributed by atoms with Crippen LogP contribution >= 0.6 is 0 Å². The fourth-order valence-electron chi connectivity index (χ4n) is 5.93. The van der Waals surface area contributed by atoms with Crippen LogP contribution in [0.5, 0.6) is 0 Å². The molecule has 0 heterocycles. The van der Waals surface area contributed by atoms with Crippen molar-refractivity contribution in [1.82, 2.24) is 0 Å². The van der Waals surface area contributed by atoms with Crippen molar-refractivity contribution < 1.29 is 17.2 Å². The fraction of sp³-hybridized carbons (Fsp3) is 0.946. The Hall–Kier alpha value is -0.390. The van der Waals surface area contributed by atoms with Gasteiger partial charge in [-0.25, -0.2) is 4.18 Å². The minimum absolute atomic E-state index is 0.0482. The summed E-state index contributed by atoms with van der Waals surface area (Å²) in [5.41, 5.74) is 0. The molecule has 0 bridgehead atoms. The number of hydrogen-bond acceptors (Lipinski definition) is 3. The van der Waals surface area contributed by atoms with E-state index in [1.807, 2.05) is 0 Å². The zero-order chi connectivity index (χ0) is 30.8. The van der Waals surface area contributed by atoms with Crippen LogP contribution in [0.4, 0.5) is 0 Å². The van der Waals surface area contributed by atoms with Gasteiger partial charge in [0.1, 0.15) is 0 Å². The highest BCUT2D eigenvalue weighted by molar-refractivity contribution is 7.80. The van der Waals surface area contributed by atoms with E-state index in [9.17, 15) is 8.42 Å². The summed E-state index contributed by atoms with van der Waals surface area (Å²) in [5, 5.41) is 0. The predicted octanol–water partition coefficient (Wildman–Crippen LogP) is 13.1. The first-order valence-electron chi connectivity index (χ1n) is 18.8. The average molecular weight is 615 g/mol. The zero-order valence-electron chi connectivity index (χ0n) is 28.4. The molecule has 0 radical (unpaired) electrons. The van der Waals surface area contributed by atoms with Crippen LogP contribution in [0.1, 0.15) is 213 Å². The van der Waals surface area contributed by atoms with E-state index >= 15 is 0 Å². The minimum atomic E-state index is -4.37. The van der Waals surface area contributed by atoms with Crippen LogP contribution in [0.15, 0.2) is 12.2 Å². The summed E-state index contributed by atoms with van der Waals surface area (Å²) in [4.78, 5) is 0. The van der Waals surface area contributed by atoms with E-state index in [0.717, 1.165) is 19.3 Å². The van der Waals surface area contributed by atoms with E-state index in [1.165, 1.54) is 180 Å². The number of allylic oxidation sites excluding steroid dienone is 1. The average Bonchev–Trinajstić information content (AvgIpc) is 2.96. The summed E-state index contributed by atoms with van der Waals surface area (Å²) in [7, 11) is -4.37. The zero-order valence-corrected chi connectivity index (χ0v) is 29.3. The van der Waals surface area contributed by atoms with Crippen LogP contribution in [-0.4, -0.2) is 19.6 Å². The highest BCUT2D eigenvalue weighted by atomic mass is 32.3. The Balaban J connectivity index is 3.73. The normalized spacial score (nSPS) is 12.9. The largest absolute Gasteiger partial charge is 0.397 e. The molecule has 0 fully saturated rings. The van der Waals surface area contributed by atoms with E-state index < -0.39 is 10.4 Å². The van der Waals surface area contributed by atoms with Crippen molar-refractivity contribution in [2.24, 2.45) is 5.92 Å². The fourth-order valence-corrected chi connectivity index (χ4v) is 6.28. The molecule has 5 heteroatoms. The number of rotatable bonds is 35. The topological polar surface area (TPSA) is 63.6 Å². The predicted molar refractivity (Wildman–Crippen MR) is 185 cm³/mol. The summed E-state index contributed by atoms with van der Waals surface area (Å²) in [5.74, 6) is 0.0561. The smallest absolute Gasteiger partial charge is 0.264 e. The second-order valence-corrected chi connectivity index (χ2v) is 14.1. The monoisotopic (exact) mass is 615 g/mol. The third kappa shape index (κ3) is 35.8. The standard InChI is InChI=1S/C37H74O4S/c1-3-5-7-9-11-13-15-17-19-20-21-23-25-27-29-31-33-35-37(36-41-42(38,39)40)34-32-30-28-26-24-22-18-16-14-12-10-8-6-4-2/h32,34,37H,3-31,33,35-36H2,1-2H3,(H,38,39,40)/b34-32+. The number of hydrogen-bond donors (Lipinski definition) is 1. The molecule has 1 unspecified atom stereocenters. The van der Waals surface area contributed by atoms with Gasteiger partial charge in [0.15, 0.2) is 0 Å². The Morgan fingerprint density at radius 2 is 0.810 bits per heavy atom. The van der Waals surface area contributed by atoms with Gasteiger partial charge in [-0.05, 0) is 19.3 Å². The molecule has 252 valence electrons. The first-order valence-corrected chi connectivity index (χ1v) is 20.1. The van der Waals surface area contributed by atoms with Gasteiger partial charge in [0, 0.05) is 5.92 Å². The van der Waals surface area contributed by atoms with E-state index in [1.54, 1.807) is 0 Å². The SMILES string of the molecule is CCCCCCCCCCCCCC/C=C/C(CCCCCCCCCCCCCCCCCCC)COS(=O)(=O)O. The lowest BCUT2D eigenvalue weighted by molar-refractivity contribution is 0.234. The molecule has 0 saturated heterocycles. The van der Waals surface area contributed by atoms with Crippen molar-refractivity contribution in [2.75, 3.05) is 6.61 Å². The third-order valence-electron chi connectivity index (χ3n) is 8.74. The van der Waals surface area contributed by atoms with Crippen molar-refractivity contribution in [2.45, 2.75) is 213 Å². The summed E-state index contributed by atoms with van der Waals surface area (Å²) in [6, 6.07) is 0. The highest BCUT2D eigenvalue weighted by Crippen LogP contribution is 2.18. The van der Waals surface area contributed by atoms with Crippen LogP contribution in [0.2, 0.25) is 0 Å². The Kier molecular flexibility index (Phi) is 33.2. The molecule has 0 rings (SSSR count). The first-order chi connectivity index (χ1) is 20.5. The molecule has 0 aromatic heterocycles. The minimum Gasteiger partial charge on any atom is -0.264 e. The Labute approximate surface area is 264 Å². The van der Waals surface area contributed by atoms with Gasteiger partial charge in [0.05, 0.1) is 6.61 Å². The molecule has 42 heavy (non-hydrogen) atoms. The van der Waals surface area contributed by atoms with Crippen molar-refractivity contribution in [3.8, 4) is 0 Å². The second-order valence-electron chi connectivity index (χ2n) is 13.0. The Morgan fingerprint density at radius 1 is 0.500 bits per heavy atom. The van der Waals surface area contributed by atoms with Crippen molar-refractivity contribution >= 4 is 10.4 Å². The maximum Gasteiger partial charge on any atom is 0.397 e. The van der Waals surface area contributed by atoms with Crippen LogP contribution < -0.4 is 0 Å². The van der Waals surface area contributed by atoms with Crippen molar-refractivity contribution in [3.05, 3.63) is 12.2 Å². The molecular weight excluding hydrogens is 540 g/mol. The van der Waals surface area contributed by atoms with Crippen LogP contribution in [0.25, 0.3) is 0 Å². The molecule has 0 spiro atoms. The highest BCUT2D eigenvalue weighted by Gasteiger charge is 2.11. The quantitative estimate of drug-likeness (QED) is 0.0438. The van der Waals surface area contributed by atoms with Gasteiger partial charge in [-0.3, -0.25) is 4.55 Å².